The SMILES string of the molecule is COC[C@H](c1ccccn1)N(C)Cc1c(C)nc2ccccn12. The zero-order valence-corrected chi connectivity index (χ0v) is 13.8. The summed E-state index contributed by atoms with van der Waals surface area (Å²) in [5.74, 6) is 0. The third kappa shape index (κ3) is 3.25. The number of methoxy groups -OCH3 is 1. The van der Waals surface area contributed by atoms with Crippen molar-refractivity contribution in [3.63, 3.8) is 0 Å². The van der Waals surface area contributed by atoms with Crippen molar-refractivity contribution >= 4 is 5.65 Å². The normalized spacial score (nSPS) is 12.9. The first-order valence-corrected chi connectivity index (χ1v) is 7.73. The Morgan fingerprint density at radius 3 is 2.78 bits per heavy atom. The summed E-state index contributed by atoms with van der Waals surface area (Å²) < 4.78 is 7.56. The molecule has 0 bridgehead atoms. The maximum atomic E-state index is 5.41. The fourth-order valence-electron chi connectivity index (χ4n) is 2.87. The van der Waals surface area contributed by atoms with Crippen molar-refractivity contribution in [1.29, 1.82) is 0 Å². The molecule has 0 unspecified atom stereocenters. The molecule has 0 spiro atoms. The zero-order valence-electron chi connectivity index (χ0n) is 13.8. The van der Waals surface area contributed by atoms with E-state index in [4.69, 9.17) is 4.74 Å². The van der Waals surface area contributed by atoms with Crippen molar-refractivity contribution in [1.82, 2.24) is 19.3 Å². The van der Waals surface area contributed by atoms with Crippen LogP contribution in [0.15, 0.2) is 48.8 Å². The number of aromatic nitrogens is 3. The first kappa shape index (κ1) is 15.6. The minimum absolute atomic E-state index is 0.106. The number of pyridine rings is 2. The predicted molar refractivity (Wildman–Crippen MR) is 90.3 cm³/mol. The molecule has 3 aromatic rings. The van der Waals surface area contributed by atoms with Crippen LogP contribution >= 0.6 is 0 Å². The van der Waals surface area contributed by atoms with Crippen molar-refractivity contribution in [2.24, 2.45) is 0 Å². The highest BCUT2D eigenvalue weighted by atomic mass is 16.5. The molecule has 3 aromatic heterocycles. The first-order chi connectivity index (χ1) is 11.2. The average molecular weight is 310 g/mol. The highest BCUT2D eigenvalue weighted by Gasteiger charge is 2.20. The van der Waals surface area contributed by atoms with E-state index in [9.17, 15) is 0 Å². The number of likely N-dealkylation sites (N-methyl/N-ethyl adjacent to an activating group) is 1. The third-order valence-electron chi connectivity index (χ3n) is 4.11. The van der Waals surface area contributed by atoms with Gasteiger partial charge in [0.05, 0.1) is 29.7 Å². The molecule has 5 heteroatoms. The number of hydrogen-bond acceptors (Lipinski definition) is 4. The van der Waals surface area contributed by atoms with Gasteiger partial charge in [0.25, 0.3) is 0 Å². The molecular formula is C18H22N4O. The van der Waals surface area contributed by atoms with Crippen molar-refractivity contribution < 1.29 is 4.74 Å². The van der Waals surface area contributed by atoms with E-state index in [2.05, 4.69) is 39.4 Å². The van der Waals surface area contributed by atoms with Gasteiger partial charge in [0.2, 0.25) is 0 Å². The van der Waals surface area contributed by atoms with Crippen molar-refractivity contribution in [3.05, 3.63) is 65.9 Å². The lowest BCUT2D eigenvalue weighted by Crippen LogP contribution is -2.29. The lowest BCUT2D eigenvalue weighted by molar-refractivity contribution is 0.0990. The van der Waals surface area contributed by atoms with Gasteiger partial charge in [-0.15, -0.1) is 0 Å². The van der Waals surface area contributed by atoms with Crippen molar-refractivity contribution in [2.75, 3.05) is 20.8 Å². The largest absolute Gasteiger partial charge is 0.383 e. The zero-order chi connectivity index (χ0) is 16.2. The van der Waals surface area contributed by atoms with Crippen molar-refractivity contribution in [2.45, 2.75) is 19.5 Å². The maximum absolute atomic E-state index is 5.41. The van der Waals surface area contributed by atoms with Gasteiger partial charge in [0.1, 0.15) is 5.65 Å². The number of rotatable bonds is 6. The summed E-state index contributed by atoms with van der Waals surface area (Å²) in [7, 11) is 3.82. The molecule has 0 radical (unpaired) electrons. The Morgan fingerprint density at radius 1 is 1.22 bits per heavy atom. The lowest BCUT2D eigenvalue weighted by atomic mass is 10.1. The molecule has 0 fully saturated rings. The Labute approximate surface area is 136 Å². The standard InChI is InChI=1S/C18H22N4O/c1-14-16(22-11-7-5-9-18(22)20-14)12-21(2)17(13-23-3)15-8-4-6-10-19-15/h4-11,17H,12-13H2,1-3H3/t17-/m1/s1. The van der Waals surface area contributed by atoms with Crippen LogP contribution in [-0.2, 0) is 11.3 Å². The molecule has 23 heavy (non-hydrogen) atoms. The minimum Gasteiger partial charge on any atom is -0.383 e. The Bertz CT molecular complexity index is 769. The minimum atomic E-state index is 0.106. The number of ether oxygens (including phenoxy) is 1. The molecule has 0 saturated heterocycles. The summed E-state index contributed by atoms with van der Waals surface area (Å²) in [5, 5.41) is 0. The smallest absolute Gasteiger partial charge is 0.137 e. The van der Waals surface area contributed by atoms with Gasteiger partial charge in [-0.05, 0) is 38.2 Å². The average Bonchev–Trinajstić information content (AvgIpc) is 2.89. The summed E-state index contributed by atoms with van der Waals surface area (Å²) in [6.45, 7) is 3.44. The number of imidazole rings is 1. The molecular weight excluding hydrogens is 288 g/mol. The van der Waals surface area contributed by atoms with Gasteiger partial charge in [-0.2, -0.15) is 0 Å². The van der Waals surface area contributed by atoms with E-state index in [1.165, 1.54) is 5.69 Å². The predicted octanol–water partition coefficient (Wildman–Crippen LogP) is 2.86. The van der Waals surface area contributed by atoms with Crippen LogP contribution in [0.3, 0.4) is 0 Å². The molecule has 3 heterocycles. The van der Waals surface area contributed by atoms with Crippen LogP contribution in [0.5, 0.6) is 0 Å². The molecule has 0 saturated carbocycles. The summed E-state index contributed by atoms with van der Waals surface area (Å²) in [6.07, 6.45) is 3.88. The van der Waals surface area contributed by atoms with E-state index in [0.717, 1.165) is 23.6 Å². The second-order valence-corrected chi connectivity index (χ2v) is 5.71. The second kappa shape index (κ2) is 6.89. The van der Waals surface area contributed by atoms with Gasteiger partial charge < -0.3 is 9.14 Å². The highest BCUT2D eigenvalue weighted by molar-refractivity contribution is 5.42. The summed E-state index contributed by atoms with van der Waals surface area (Å²) in [5.41, 5.74) is 4.25. The molecule has 3 rings (SSSR count). The van der Waals surface area contributed by atoms with Gasteiger partial charge in [0, 0.05) is 26.0 Å². The third-order valence-corrected chi connectivity index (χ3v) is 4.11. The van der Waals surface area contributed by atoms with Crippen LogP contribution < -0.4 is 0 Å². The molecule has 5 nitrogen and oxygen atoms in total. The van der Waals surface area contributed by atoms with E-state index in [1.807, 2.05) is 42.6 Å². The molecule has 0 aromatic carbocycles. The van der Waals surface area contributed by atoms with E-state index in [1.54, 1.807) is 7.11 Å². The monoisotopic (exact) mass is 310 g/mol. The van der Waals surface area contributed by atoms with Gasteiger partial charge in [-0.3, -0.25) is 9.88 Å². The van der Waals surface area contributed by atoms with Gasteiger partial charge in [-0.25, -0.2) is 4.98 Å². The van der Waals surface area contributed by atoms with Crippen LogP contribution in [0, 0.1) is 6.92 Å². The number of nitrogens with zero attached hydrogens (tertiary/aromatic N) is 4. The van der Waals surface area contributed by atoms with Crippen LogP contribution in [0.25, 0.3) is 5.65 Å². The molecule has 120 valence electrons. The van der Waals surface area contributed by atoms with Gasteiger partial charge >= 0.3 is 0 Å². The van der Waals surface area contributed by atoms with E-state index in [0.29, 0.717) is 6.61 Å². The first-order valence-electron chi connectivity index (χ1n) is 7.73. The summed E-state index contributed by atoms with van der Waals surface area (Å²) >= 11 is 0. The molecule has 0 aliphatic carbocycles. The fourth-order valence-corrected chi connectivity index (χ4v) is 2.87. The quantitative estimate of drug-likeness (QED) is 0.702. The molecule has 0 aliphatic rings. The molecule has 1 atom stereocenters. The topological polar surface area (TPSA) is 42.7 Å². The molecule has 0 N–H and O–H groups in total. The Balaban J connectivity index is 1.89. The van der Waals surface area contributed by atoms with E-state index < -0.39 is 0 Å². The maximum Gasteiger partial charge on any atom is 0.137 e. The Kier molecular flexibility index (Phi) is 4.69. The number of aryl methyl sites for hydroxylation is 1. The van der Waals surface area contributed by atoms with E-state index >= 15 is 0 Å². The summed E-state index contributed by atoms with van der Waals surface area (Å²) in [4.78, 5) is 11.4. The van der Waals surface area contributed by atoms with Crippen LogP contribution in [-0.4, -0.2) is 40.0 Å². The van der Waals surface area contributed by atoms with Crippen molar-refractivity contribution in [3.8, 4) is 0 Å². The molecule has 0 amide bonds. The van der Waals surface area contributed by atoms with Gasteiger partial charge in [-0.1, -0.05) is 12.1 Å². The Morgan fingerprint density at radius 2 is 2.04 bits per heavy atom. The second-order valence-electron chi connectivity index (χ2n) is 5.71. The highest BCUT2D eigenvalue weighted by Crippen LogP contribution is 2.21. The van der Waals surface area contributed by atoms with Gasteiger partial charge in [0.15, 0.2) is 0 Å². The van der Waals surface area contributed by atoms with Crippen LogP contribution in [0.1, 0.15) is 23.1 Å². The fraction of sp³-hybridized carbons (Fsp3) is 0.333. The van der Waals surface area contributed by atoms with E-state index in [-0.39, 0.29) is 6.04 Å². The summed E-state index contributed by atoms with van der Waals surface area (Å²) in [6, 6.07) is 12.2. The Hall–Kier alpha value is -2.24. The molecule has 0 aliphatic heterocycles. The van der Waals surface area contributed by atoms with Crippen LogP contribution in [0.4, 0.5) is 0 Å². The van der Waals surface area contributed by atoms with Crippen LogP contribution in [0.2, 0.25) is 0 Å². The number of fused-ring (bicyclic) bond motifs is 1. The number of hydrogen-bond donors (Lipinski definition) is 0. The lowest BCUT2D eigenvalue weighted by Gasteiger charge is -2.27.